The predicted molar refractivity (Wildman–Crippen MR) is 84.8 cm³/mol. The molecule has 1 saturated heterocycles. The van der Waals surface area contributed by atoms with Crippen LogP contribution in [-0.4, -0.2) is 37.6 Å². The maximum atomic E-state index is 12.0. The van der Waals surface area contributed by atoms with Gasteiger partial charge >= 0.3 is 0 Å². The van der Waals surface area contributed by atoms with Crippen molar-refractivity contribution in [3.05, 3.63) is 36.4 Å². The second-order valence-electron chi connectivity index (χ2n) is 5.32. The van der Waals surface area contributed by atoms with E-state index in [-0.39, 0.29) is 18.2 Å². The Bertz CT molecular complexity index is 554. The Morgan fingerprint density at radius 3 is 2.73 bits per heavy atom. The van der Waals surface area contributed by atoms with Crippen molar-refractivity contribution in [2.45, 2.75) is 19.4 Å². The molecule has 6 heteroatoms. The van der Waals surface area contributed by atoms with Crippen LogP contribution >= 0.6 is 0 Å². The van der Waals surface area contributed by atoms with Crippen molar-refractivity contribution in [3.8, 4) is 5.75 Å². The third kappa shape index (κ3) is 4.89. The van der Waals surface area contributed by atoms with Crippen LogP contribution in [0.3, 0.4) is 0 Å². The van der Waals surface area contributed by atoms with Crippen LogP contribution in [0.4, 0.5) is 5.69 Å². The Balaban J connectivity index is 1.83. The van der Waals surface area contributed by atoms with Crippen LogP contribution in [0.2, 0.25) is 0 Å². The Kier molecular flexibility index (Phi) is 5.55. The molecule has 1 aromatic carbocycles. The number of hydrogen-bond acceptors (Lipinski definition) is 4. The zero-order valence-electron chi connectivity index (χ0n) is 12.6. The number of nitrogens with one attached hydrogen (secondary N) is 3. The minimum Gasteiger partial charge on any atom is -0.489 e. The summed E-state index contributed by atoms with van der Waals surface area (Å²) in [7, 11) is 0. The normalized spacial score (nSPS) is 17.5. The number of anilines is 1. The molecule has 2 rings (SSSR count). The Morgan fingerprint density at radius 1 is 1.36 bits per heavy atom. The summed E-state index contributed by atoms with van der Waals surface area (Å²) in [4.78, 5) is 23.5. The molecule has 1 heterocycles. The highest BCUT2D eigenvalue weighted by Crippen LogP contribution is 2.16. The zero-order valence-corrected chi connectivity index (χ0v) is 12.6. The molecule has 1 fully saturated rings. The van der Waals surface area contributed by atoms with E-state index in [2.05, 4.69) is 22.5 Å². The SMILES string of the molecule is C=C(C)COc1ccc(NC(=O)CC2NCCNC2=O)cc1. The number of rotatable bonds is 6. The van der Waals surface area contributed by atoms with Crippen LogP contribution in [0, 0.1) is 0 Å². The first-order valence-corrected chi connectivity index (χ1v) is 7.23. The van der Waals surface area contributed by atoms with E-state index in [4.69, 9.17) is 4.74 Å². The molecule has 2 amide bonds. The molecule has 22 heavy (non-hydrogen) atoms. The minimum absolute atomic E-state index is 0.111. The number of piperazine rings is 1. The van der Waals surface area contributed by atoms with Gasteiger partial charge in [0.15, 0.2) is 0 Å². The van der Waals surface area contributed by atoms with Gasteiger partial charge in [-0.05, 0) is 36.8 Å². The van der Waals surface area contributed by atoms with Gasteiger partial charge in [-0.15, -0.1) is 0 Å². The maximum Gasteiger partial charge on any atom is 0.237 e. The molecule has 6 nitrogen and oxygen atoms in total. The number of benzene rings is 1. The van der Waals surface area contributed by atoms with E-state index in [1.807, 2.05) is 6.92 Å². The van der Waals surface area contributed by atoms with Crippen LogP contribution < -0.4 is 20.7 Å². The molecule has 0 aliphatic carbocycles. The number of ether oxygens (including phenoxy) is 1. The molecular formula is C16H21N3O3. The summed E-state index contributed by atoms with van der Waals surface area (Å²) < 4.78 is 5.49. The minimum atomic E-state index is -0.466. The average molecular weight is 303 g/mol. The van der Waals surface area contributed by atoms with Gasteiger partial charge in [-0.3, -0.25) is 9.59 Å². The van der Waals surface area contributed by atoms with Gasteiger partial charge in [0.25, 0.3) is 0 Å². The van der Waals surface area contributed by atoms with Crippen molar-refractivity contribution in [2.75, 3.05) is 25.0 Å². The van der Waals surface area contributed by atoms with E-state index in [1.165, 1.54) is 0 Å². The van der Waals surface area contributed by atoms with Crippen molar-refractivity contribution in [1.82, 2.24) is 10.6 Å². The quantitative estimate of drug-likeness (QED) is 0.687. The fourth-order valence-electron chi connectivity index (χ4n) is 2.05. The van der Waals surface area contributed by atoms with E-state index >= 15 is 0 Å². The summed E-state index contributed by atoms with van der Waals surface area (Å²) in [6.07, 6.45) is 0.111. The summed E-state index contributed by atoms with van der Waals surface area (Å²) in [6.45, 7) is 7.41. The predicted octanol–water partition coefficient (Wildman–Crippen LogP) is 1.06. The van der Waals surface area contributed by atoms with Crippen LogP contribution in [0.1, 0.15) is 13.3 Å². The lowest BCUT2D eigenvalue weighted by Gasteiger charge is -2.22. The highest BCUT2D eigenvalue weighted by Gasteiger charge is 2.23. The smallest absolute Gasteiger partial charge is 0.237 e. The van der Waals surface area contributed by atoms with E-state index in [9.17, 15) is 9.59 Å². The number of hydrogen-bond donors (Lipinski definition) is 3. The molecule has 1 atom stereocenters. The molecule has 118 valence electrons. The molecule has 1 unspecified atom stereocenters. The summed E-state index contributed by atoms with van der Waals surface area (Å²) in [6, 6.07) is 6.63. The molecule has 3 N–H and O–H groups in total. The summed E-state index contributed by atoms with van der Waals surface area (Å²) >= 11 is 0. The second-order valence-corrected chi connectivity index (χ2v) is 5.32. The van der Waals surface area contributed by atoms with Gasteiger partial charge in [0.05, 0.1) is 12.5 Å². The third-order valence-electron chi connectivity index (χ3n) is 3.14. The molecule has 0 aromatic heterocycles. The van der Waals surface area contributed by atoms with Crippen LogP contribution in [0.25, 0.3) is 0 Å². The molecular weight excluding hydrogens is 282 g/mol. The zero-order chi connectivity index (χ0) is 15.9. The van der Waals surface area contributed by atoms with Gasteiger partial charge in [0, 0.05) is 18.8 Å². The van der Waals surface area contributed by atoms with Gasteiger partial charge in [-0.25, -0.2) is 0 Å². The molecule has 0 saturated carbocycles. The maximum absolute atomic E-state index is 12.0. The van der Waals surface area contributed by atoms with E-state index < -0.39 is 6.04 Å². The molecule has 0 radical (unpaired) electrons. The van der Waals surface area contributed by atoms with Gasteiger partial charge < -0.3 is 20.7 Å². The van der Waals surface area contributed by atoms with Crippen molar-refractivity contribution in [1.29, 1.82) is 0 Å². The van der Waals surface area contributed by atoms with Crippen molar-refractivity contribution in [2.24, 2.45) is 0 Å². The van der Waals surface area contributed by atoms with Crippen molar-refractivity contribution in [3.63, 3.8) is 0 Å². The Labute approximate surface area is 129 Å². The summed E-state index contributed by atoms with van der Waals surface area (Å²) in [5, 5.41) is 8.52. The lowest BCUT2D eigenvalue weighted by Crippen LogP contribution is -2.53. The third-order valence-corrected chi connectivity index (χ3v) is 3.14. The number of carbonyl (C=O) groups is 2. The topological polar surface area (TPSA) is 79.5 Å². The number of amides is 2. The van der Waals surface area contributed by atoms with E-state index in [1.54, 1.807) is 24.3 Å². The average Bonchev–Trinajstić information content (AvgIpc) is 2.49. The lowest BCUT2D eigenvalue weighted by atomic mass is 10.1. The Morgan fingerprint density at radius 2 is 2.09 bits per heavy atom. The standard InChI is InChI=1S/C16H21N3O3/c1-11(2)10-22-13-5-3-12(4-6-13)19-15(20)9-14-16(21)18-8-7-17-14/h3-6,14,17H,1,7-10H2,2H3,(H,18,21)(H,19,20). The fraction of sp³-hybridized carbons (Fsp3) is 0.375. The molecule has 0 bridgehead atoms. The van der Waals surface area contributed by atoms with Crippen LogP contribution in [-0.2, 0) is 9.59 Å². The van der Waals surface area contributed by atoms with Crippen LogP contribution in [0.5, 0.6) is 5.75 Å². The highest BCUT2D eigenvalue weighted by molar-refractivity contribution is 5.95. The van der Waals surface area contributed by atoms with Crippen molar-refractivity contribution < 1.29 is 14.3 Å². The van der Waals surface area contributed by atoms with Crippen molar-refractivity contribution >= 4 is 17.5 Å². The monoisotopic (exact) mass is 303 g/mol. The number of carbonyl (C=O) groups excluding carboxylic acids is 2. The van der Waals surface area contributed by atoms with Gasteiger partial charge in [0.2, 0.25) is 11.8 Å². The first-order chi connectivity index (χ1) is 10.5. The molecule has 1 aliphatic heterocycles. The Hall–Kier alpha value is -2.34. The van der Waals surface area contributed by atoms with Gasteiger partial charge in [-0.2, -0.15) is 0 Å². The fourth-order valence-corrected chi connectivity index (χ4v) is 2.05. The van der Waals surface area contributed by atoms with E-state index in [0.29, 0.717) is 31.1 Å². The molecule has 1 aromatic rings. The molecule has 0 spiro atoms. The largest absolute Gasteiger partial charge is 0.489 e. The first-order valence-electron chi connectivity index (χ1n) is 7.23. The summed E-state index contributed by atoms with van der Waals surface area (Å²) in [5.74, 6) is 0.379. The van der Waals surface area contributed by atoms with Gasteiger partial charge in [0.1, 0.15) is 12.4 Å². The summed E-state index contributed by atoms with van der Waals surface area (Å²) in [5.41, 5.74) is 1.61. The lowest BCUT2D eigenvalue weighted by molar-refractivity contribution is -0.127. The van der Waals surface area contributed by atoms with Gasteiger partial charge in [-0.1, -0.05) is 6.58 Å². The van der Waals surface area contributed by atoms with E-state index in [0.717, 1.165) is 5.57 Å². The molecule has 1 aliphatic rings. The second kappa shape index (κ2) is 7.61. The highest BCUT2D eigenvalue weighted by atomic mass is 16.5. The first kappa shape index (κ1) is 16.0. The van der Waals surface area contributed by atoms with Crippen LogP contribution in [0.15, 0.2) is 36.4 Å².